The van der Waals surface area contributed by atoms with E-state index in [0.29, 0.717) is 31.5 Å². The molecule has 1 aromatic carbocycles. The number of ether oxygens (including phenoxy) is 2. The molecule has 2 rings (SSSR count). The number of aliphatic imine (C=N–C) groups is 1. The summed E-state index contributed by atoms with van der Waals surface area (Å²) in [6, 6.07) is 11.3. The van der Waals surface area contributed by atoms with Crippen LogP contribution in [0.25, 0.3) is 0 Å². The zero-order valence-corrected chi connectivity index (χ0v) is 21.1. The molecule has 1 unspecified atom stereocenters. The fourth-order valence-corrected chi connectivity index (χ4v) is 2.66. The largest absolute Gasteiger partial charge is 0.491 e. The van der Waals surface area contributed by atoms with Gasteiger partial charge in [0.25, 0.3) is 0 Å². The molecule has 0 amide bonds. The summed E-state index contributed by atoms with van der Waals surface area (Å²) in [6.45, 7) is 10.2. The molecule has 2 aromatic rings. The maximum Gasteiger partial charge on any atom is 0.213 e. The van der Waals surface area contributed by atoms with Crippen LogP contribution in [0.1, 0.15) is 51.3 Å². The highest BCUT2D eigenvalue weighted by Crippen LogP contribution is 2.18. The molecule has 0 aliphatic carbocycles. The van der Waals surface area contributed by atoms with Crippen LogP contribution in [0, 0.1) is 0 Å². The number of hydrogen-bond acceptors (Lipinski definition) is 5. The standard InChI is InChI=1S/C23H34N4O3.HI/c1-5-13-29-22-12-7-18(14-25-22)15-26-23(24-6-2)27-16-21(28)19-8-10-20(11-9-19)30-17(3)4;/h7-12,14,17,21,28H,5-6,13,15-16H2,1-4H3,(H2,24,26,27);1H. The van der Waals surface area contributed by atoms with Crippen molar-refractivity contribution < 1.29 is 14.6 Å². The number of pyridine rings is 1. The molecule has 1 atom stereocenters. The minimum absolute atomic E-state index is 0. The first-order valence-electron chi connectivity index (χ1n) is 10.6. The Hall–Kier alpha value is -2.07. The summed E-state index contributed by atoms with van der Waals surface area (Å²) in [5.74, 6) is 2.06. The summed E-state index contributed by atoms with van der Waals surface area (Å²) in [4.78, 5) is 8.87. The number of halogens is 1. The SMILES string of the molecule is CCCOc1ccc(CN=C(NCC)NCC(O)c2ccc(OC(C)C)cc2)cn1.I. The van der Waals surface area contributed by atoms with E-state index in [1.807, 2.05) is 57.2 Å². The van der Waals surface area contributed by atoms with Crippen molar-refractivity contribution in [3.63, 3.8) is 0 Å². The van der Waals surface area contributed by atoms with Crippen LogP contribution in [0.4, 0.5) is 0 Å². The normalized spacial score (nSPS) is 12.1. The van der Waals surface area contributed by atoms with Gasteiger partial charge < -0.3 is 25.2 Å². The van der Waals surface area contributed by atoms with Crippen molar-refractivity contribution in [1.82, 2.24) is 15.6 Å². The highest BCUT2D eigenvalue weighted by molar-refractivity contribution is 14.0. The zero-order valence-electron chi connectivity index (χ0n) is 18.8. The lowest BCUT2D eigenvalue weighted by Gasteiger charge is -2.16. The summed E-state index contributed by atoms with van der Waals surface area (Å²) in [5.41, 5.74) is 1.80. The average Bonchev–Trinajstić information content (AvgIpc) is 2.75. The van der Waals surface area contributed by atoms with Crippen molar-refractivity contribution in [3.8, 4) is 11.6 Å². The Balaban J connectivity index is 0.00000480. The van der Waals surface area contributed by atoms with Gasteiger partial charge in [-0.25, -0.2) is 9.98 Å². The van der Waals surface area contributed by atoms with Crippen molar-refractivity contribution in [3.05, 3.63) is 53.7 Å². The maximum absolute atomic E-state index is 10.5. The smallest absolute Gasteiger partial charge is 0.213 e. The second-order valence-corrected chi connectivity index (χ2v) is 7.18. The van der Waals surface area contributed by atoms with Gasteiger partial charge in [0.2, 0.25) is 5.88 Å². The van der Waals surface area contributed by atoms with E-state index in [1.165, 1.54) is 0 Å². The molecule has 1 heterocycles. The molecule has 3 N–H and O–H groups in total. The van der Waals surface area contributed by atoms with Crippen molar-refractivity contribution in [2.45, 2.75) is 52.9 Å². The lowest BCUT2D eigenvalue weighted by Crippen LogP contribution is -2.39. The molecule has 0 saturated carbocycles. The third kappa shape index (κ3) is 10.2. The highest BCUT2D eigenvalue weighted by atomic mass is 127. The number of nitrogens with one attached hydrogen (secondary N) is 2. The molecule has 0 fully saturated rings. The Bertz CT molecular complexity index is 767. The molecule has 0 spiro atoms. The van der Waals surface area contributed by atoms with E-state index in [2.05, 4.69) is 27.5 Å². The van der Waals surface area contributed by atoms with Gasteiger partial charge in [-0.3, -0.25) is 0 Å². The third-order valence-corrected chi connectivity index (χ3v) is 4.12. The fourth-order valence-electron chi connectivity index (χ4n) is 2.66. The molecule has 172 valence electrons. The minimum Gasteiger partial charge on any atom is -0.491 e. The fraction of sp³-hybridized carbons (Fsp3) is 0.478. The van der Waals surface area contributed by atoms with Crippen molar-refractivity contribution in [2.24, 2.45) is 4.99 Å². The Kier molecular flexibility index (Phi) is 12.9. The molecule has 8 heteroatoms. The predicted octanol–water partition coefficient (Wildman–Crippen LogP) is 4.06. The minimum atomic E-state index is -0.654. The van der Waals surface area contributed by atoms with Gasteiger partial charge in [0.15, 0.2) is 5.96 Å². The molecule has 7 nitrogen and oxygen atoms in total. The molecule has 0 radical (unpaired) electrons. The van der Waals surface area contributed by atoms with E-state index < -0.39 is 6.10 Å². The first-order valence-corrected chi connectivity index (χ1v) is 10.6. The van der Waals surface area contributed by atoms with Crippen molar-refractivity contribution in [2.75, 3.05) is 19.7 Å². The van der Waals surface area contributed by atoms with Crippen LogP contribution in [-0.2, 0) is 6.54 Å². The third-order valence-electron chi connectivity index (χ3n) is 4.12. The van der Waals surface area contributed by atoms with Crippen LogP contribution in [0.2, 0.25) is 0 Å². The number of benzene rings is 1. The quantitative estimate of drug-likeness (QED) is 0.226. The van der Waals surface area contributed by atoms with E-state index in [1.54, 1.807) is 6.20 Å². The topological polar surface area (TPSA) is 88.0 Å². The van der Waals surface area contributed by atoms with Gasteiger partial charge in [-0.05, 0) is 50.5 Å². The van der Waals surface area contributed by atoms with Gasteiger partial charge >= 0.3 is 0 Å². The Morgan fingerprint density at radius 3 is 2.42 bits per heavy atom. The first kappa shape index (κ1) is 27.0. The lowest BCUT2D eigenvalue weighted by atomic mass is 10.1. The molecular weight excluding hydrogens is 507 g/mol. The molecule has 0 aliphatic rings. The molecule has 31 heavy (non-hydrogen) atoms. The Morgan fingerprint density at radius 2 is 1.84 bits per heavy atom. The van der Waals surface area contributed by atoms with Crippen LogP contribution in [0.3, 0.4) is 0 Å². The van der Waals surface area contributed by atoms with E-state index in [4.69, 9.17) is 9.47 Å². The summed E-state index contributed by atoms with van der Waals surface area (Å²) >= 11 is 0. The van der Waals surface area contributed by atoms with Crippen molar-refractivity contribution >= 4 is 29.9 Å². The lowest BCUT2D eigenvalue weighted by molar-refractivity contribution is 0.180. The van der Waals surface area contributed by atoms with Gasteiger partial charge in [0.05, 0.1) is 25.4 Å². The summed E-state index contributed by atoms with van der Waals surface area (Å²) < 4.78 is 11.1. The van der Waals surface area contributed by atoms with Crippen molar-refractivity contribution in [1.29, 1.82) is 0 Å². The second-order valence-electron chi connectivity index (χ2n) is 7.18. The van der Waals surface area contributed by atoms with Gasteiger partial charge in [-0.15, -0.1) is 24.0 Å². The zero-order chi connectivity index (χ0) is 21.8. The monoisotopic (exact) mass is 542 g/mol. The second kappa shape index (κ2) is 14.9. The van der Waals surface area contributed by atoms with Crippen LogP contribution in [0.15, 0.2) is 47.6 Å². The van der Waals surface area contributed by atoms with E-state index >= 15 is 0 Å². The maximum atomic E-state index is 10.5. The number of hydrogen-bond donors (Lipinski definition) is 3. The Morgan fingerprint density at radius 1 is 1.10 bits per heavy atom. The van der Waals surface area contributed by atoms with Gasteiger partial charge in [0, 0.05) is 25.4 Å². The molecule has 1 aromatic heterocycles. The number of guanidine groups is 1. The number of rotatable bonds is 11. The highest BCUT2D eigenvalue weighted by Gasteiger charge is 2.09. The number of nitrogens with zero attached hydrogens (tertiary/aromatic N) is 2. The molecule has 0 bridgehead atoms. The number of aromatic nitrogens is 1. The summed E-state index contributed by atoms with van der Waals surface area (Å²) in [7, 11) is 0. The average molecular weight is 542 g/mol. The van der Waals surface area contributed by atoms with Crippen LogP contribution in [0.5, 0.6) is 11.6 Å². The molecule has 0 saturated heterocycles. The van der Waals surface area contributed by atoms with Crippen LogP contribution >= 0.6 is 24.0 Å². The van der Waals surface area contributed by atoms with Gasteiger partial charge in [-0.1, -0.05) is 25.1 Å². The van der Waals surface area contributed by atoms with Gasteiger partial charge in [0.1, 0.15) is 5.75 Å². The van der Waals surface area contributed by atoms with Crippen LogP contribution in [-0.4, -0.2) is 41.9 Å². The Labute approximate surface area is 202 Å². The van der Waals surface area contributed by atoms with E-state index in [-0.39, 0.29) is 30.1 Å². The van der Waals surface area contributed by atoms with Crippen LogP contribution < -0.4 is 20.1 Å². The molecule has 0 aliphatic heterocycles. The van der Waals surface area contributed by atoms with Gasteiger partial charge in [-0.2, -0.15) is 0 Å². The number of aliphatic hydroxyl groups is 1. The molecular formula is C23H35IN4O3. The summed E-state index contributed by atoms with van der Waals surface area (Å²) in [5, 5.41) is 16.9. The van der Waals surface area contributed by atoms with E-state index in [9.17, 15) is 5.11 Å². The predicted molar refractivity (Wildman–Crippen MR) is 135 cm³/mol. The first-order chi connectivity index (χ1) is 14.5. The number of aliphatic hydroxyl groups excluding tert-OH is 1. The summed E-state index contributed by atoms with van der Waals surface area (Å²) in [6.07, 6.45) is 2.19. The van der Waals surface area contributed by atoms with E-state index in [0.717, 1.165) is 29.8 Å².